The second-order valence-electron chi connectivity index (χ2n) is 7.79. The number of benzene rings is 2. The molecule has 1 aromatic heterocycles. The van der Waals surface area contributed by atoms with Gasteiger partial charge in [0.25, 0.3) is 5.22 Å². The number of carbonyl (C=O) groups excluding carboxylic acids is 1. The molecule has 1 amide bonds. The molecule has 0 spiro atoms. The molecule has 0 aliphatic carbocycles. The molecule has 2 aliphatic heterocycles. The maximum Gasteiger partial charge on any atom is 0.257 e. The topological polar surface area (TPSA) is 83.7 Å². The van der Waals surface area contributed by atoms with Gasteiger partial charge in [-0.1, -0.05) is 23.9 Å². The number of thioether (sulfide) groups is 1. The third kappa shape index (κ3) is 3.97. The van der Waals surface area contributed by atoms with Gasteiger partial charge in [0.15, 0.2) is 5.58 Å². The Balaban J connectivity index is 1.32. The van der Waals surface area contributed by atoms with Crippen molar-refractivity contribution >= 4 is 44.5 Å². The summed E-state index contributed by atoms with van der Waals surface area (Å²) in [7, 11) is -3.46. The van der Waals surface area contributed by atoms with Crippen molar-refractivity contribution in [1.82, 2.24) is 9.29 Å². The molecule has 3 heterocycles. The number of hydrogen-bond donors (Lipinski definition) is 0. The Labute approximate surface area is 185 Å². The number of rotatable bonds is 5. The van der Waals surface area contributed by atoms with Crippen LogP contribution in [0.3, 0.4) is 0 Å². The van der Waals surface area contributed by atoms with Crippen LogP contribution in [0.15, 0.2) is 57.0 Å². The molecule has 0 saturated carbocycles. The van der Waals surface area contributed by atoms with Crippen molar-refractivity contribution in [3.8, 4) is 0 Å². The minimum absolute atomic E-state index is 0.0386. The fourth-order valence-corrected chi connectivity index (χ4v) is 6.47. The molecule has 1 fully saturated rings. The van der Waals surface area contributed by atoms with E-state index < -0.39 is 10.0 Å². The molecule has 2 aliphatic rings. The summed E-state index contributed by atoms with van der Waals surface area (Å²) >= 11 is 1.28. The van der Waals surface area contributed by atoms with Crippen molar-refractivity contribution in [2.75, 3.05) is 30.3 Å². The van der Waals surface area contributed by atoms with Crippen LogP contribution in [0.4, 0.5) is 5.69 Å². The number of anilines is 1. The fourth-order valence-electron chi connectivity index (χ4n) is 4.18. The van der Waals surface area contributed by atoms with Gasteiger partial charge in [-0.05, 0) is 61.6 Å². The van der Waals surface area contributed by atoms with Gasteiger partial charge < -0.3 is 9.32 Å². The van der Waals surface area contributed by atoms with Gasteiger partial charge in [0, 0.05) is 25.3 Å². The number of sulfonamides is 1. The van der Waals surface area contributed by atoms with Crippen molar-refractivity contribution in [3.63, 3.8) is 0 Å². The van der Waals surface area contributed by atoms with Crippen LogP contribution in [0.25, 0.3) is 11.1 Å². The monoisotopic (exact) mass is 457 g/mol. The van der Waals surface area contributed by atoms with E-state index in [1.807, 2.05) is 24.3 Å². The number of fused-ring (bicyclic) bond motifs is 2. The molecule has 0 bridgehead atoms. The zero-order valence-electron chi connectivity index (χ0n) is 17.0. The largest absolute Gasteiger partial charge is 0.431 e. The first kappa shape index (κ1) is 20.5. The average Bonchev–Trinajstić information content (AvgIpc) is 3.46. The van der Waals surface area contributed by atoms with Gasteiger partial charge in [-0.25, -0.2) is 13.4 Å². The van der Waals surface area contributed by atoms with Crippen LogP contribution < -0.4 is 4.90 Å². The molecule has 0 N–H and O–H groups in total. The maximum absolute atomic E-state index is 12.9. The van der Waals surface area contributed by atoms with E-state index in [1.165, 1.54) is 11.8 Å². The summed E-state index contributed by atoms with van der Waals surface area (Å²) in [4.78, 5) is 19.4. The highest BCUT2D eigenvalue weighted by molar-refractivity contribution is 7.99. The number of hydrogen-bond acceptors (Lipinski definition) is 6. The number of nitrogens with zero attached hydrogens (tertiary/aromatic N) is 3. The summed E-state index contributed by atoms with van der Waals surface area (Å²) in [6.07, 6.45) is 3.38. The number of carbonyl (C=O) groups is 1. The lowest BCUT2D eigenvalue weighted by Crippen LogP contribution is -2.37. The average molecular weight is 458 g/mol. The minimum Gasteiger partial charge on any atom is -0.431 e. The lowest BCUT2D eigenvalue weighted by Gasteiger charge is -2.30. The maximum atomic E-state index is 12.9. The van der Waals surface area contributed by atoms with Gasteiger partial charge in [-0.2, -0.15) is 4.31 Å². The lowest BCUT2D eigenvalue weighted by molar-refractivity contribution is -0.116. The first-order chi connectivity index (χ1) is 15.0. The summed E-state index contributed by atoms with van der Waals surface area (Å²) in [6, 6.07) is 12.7. The first-order valence-corrected chi connectivity index (χ1v) is 12.9. The van der Waals surface area contributed by atoms with Crippen LogP contribution in [-0.2, 0) is 21.2 Å². The number of amides is 1. The quantitative estimate of drug-likeness (QED) is 0.544. The summed E-state index contributed by atoms with van der Waals surface area (Å²) < 4.78 is 33.0. The molecule has 162 valence electrons. The first-order valence-electron chi connectivity index (χ1n) is 10.4. The second kappa shape index (κ2) is 8.29. The Hall–Kier alpha value is -2.36. The standard InChI is InChI=1S/C22H23N3O4S2/c26-21(15-30-22-23-18-7-1-2-8-20(18)29-22)25-13-5-6-16-14-17(9-10-19(16)25)31(27,28)24-11-3-4-12-24/h1-2,7-10,14H,3-6,11-13,15H2. The molecule has 2 aromatic carbocycles. The van der Waals surface area contributed by atoms with Crippen LogP contribution in [-0.4, -0.2) is 49.0 Å². The number of aryl methyl sites for hydroxylation is 1. The molecule has 7 nitrogen and oxygen atoms in total. The Morgan fingerprint density at radius 3 is 2.68 bits per heavy atom. The number of oxazole rings is 1. The van der Waals surface area contributed by atoms with Gasteiger partial charge >= 0.3 is 0 Å². The van der Waals surface area contributed by atoms with E-state index in [-0.39, 0.29) is 11.7 Å². The third-order valence-electron chi connectivity index (χ3n) is 5.77. The zero-order chi connectivity index (χ0) is 21.4. The third-order valence-corrected chi connectivity index (χ3v) is 8.47. The van der Waals surface area contributed by atoms with Crippen LogP contribution >= 0.6 is 11.8 Å². The molecule has 9 heteroatoms. The summed E-state index contributed by atoms with van der Waals surface area (Å²) in [5, 5.41) is 0.471. The van der Waals surface area contributed by atoms with Crippen molar-refractivity contribution in [3.05, 3.63) is 48.0 Å². The van der Waals surface area contributed by atoms with E-state index in [9.17, 15) is 13.2 Å². The molecule has 0 unspecified atom stereocenters. The zero-order valence-corrected chi connectivity index (χ0v) is 18.6. The van der Waals surface area contributed by atoms with E-state index in [0.717, 1.165) is 42.5 Å². The van der Waals surface area contributed by atoms with E-state index in [0.29, 0.717) is 35.3 Å². The normalized spacial score (nSPS) is 17.2. The molecular formula is C22H23N3O4S2. The molecule has 3 aromatic rings. The summed E-state index contributed by atoms with van der Waals surface area (Å²) in [5.74, 6) is 0.170. The van der Waals surface area contributed by atoms with Gasteiger partial charge in [0.05, 0.1) is 10.6 Å². The van der Waals surface area contributed by atoms with Gasteiger partial charge in [-0.15, -0.1) is 0 Å². The highest BCUT2D eigenvalue weighted by Gasteiger charge is 2.29. The summed E-state index contributed by atoms with van der Waals surface area (Å²) in [6.45, 7) is 1.78. The number of aromatic nitrogens is 1. The fraction of sp³-hybridized carbons (Fsp3) is 0.364. The molecule has 0 radical (unpaired) electrons. The lowest BCUT2D eigenvalue weighted by atomic mass is 10.0. The highest BCUT2D eigenvalue weighted by atomic mass is 32.2. The Morgan fingerprint density at radius 1 is 1.06 bits per heavy atom. The van der Waals surface area contributed by atoms with Crippen LogP contribution in [0.2, 0.25) is 0 Å². The minimum atomic E-state index is -3.46. The highest BCUT2D eigenvalue weighted by Crippen LogP contribution is 2.32. The molecule has 31 heavy (non-hydrogen) atoms. The van der Waals surface area contributed by atoms with Crippen molar-refractivity contribution in [2.24, 2.45) is 0 Å². The van der Waals surface area contributed by atoms with Crippen molar-refractivity contribution < 1.29 is 17.6 Å². The van der Waals surface area contributed by atoms with E-state index >= 15 is 0 Å². The Kier molecular flexibility index (Phi) is 5.49. The molecule has 1 saturated heterocycles. The Morgan fingerprint density at radius 2 is 1.87 bits per heavy atom. The second-order valence-corrected chi connectivity index (χ2v) is 10.7. The van der Waals surface area contributed by atoms with Gasteiger partial charge in [0.1, 0.15) is 5.52 Å². The smallest absolute Gasteiger partial charge is 0.257 e. The van der Waals surface area contributed by atoms with E-state index in [4.69, 9.17) is 4.42 Å². The predicted molar refractivity (Wildman–Crippen MR) is 120 cm³/mol. The van der Waals surface area contributed by atoms with E-state index in [1.54, 1.807) is 27.4 Å². The SMILES string of the molecule is O=C(CSc1nc2ccccc2o1)N1CCCc2cc(S(=O)(=O)N3CCCC3)ccc21. The molecule has 0 atom stereocenters. The van der Waals surface area contributed by atoms with Crippen LogP contribution in [0.1, 0.15) is 24.8 Å². The summed E-state index contributed by atoms with van der Waals surface area (Å²) in [5.41, 5.74) is 3.18. The Bertz CT molecular complexity index is 1200. The van der Waals surface area contributed by atoms with E-state index in [2.05, 4.69) is 4.98 Å². The van der Waals surface area contributed by atoms with Gasteiger partial charge in [0.2, 0.25) is 15.9 Å². The molecular weight excluding hydrogens is 434 g/mol. The van der Waals surface area contributed by atoms with Gasteiger partial charge in [-0.3, -0.25) is 4.79 Å². The van der Waals surface area contributed by atoms with Crippen LogP contribution in [0, 0.1) is 0 Å². The van der Waals surface area contributed by atoms with Crippen molar-refractivity contribution in [2.45, 2.75) is 35.8 Å². The molecule has 5 rings (SSSR count). The van der Waals surface area contributed by atoms with Crippen molar-refractivity contribution in [1.29, 1.82) is 0 Å². The number of para-hydroxylation sites is 2. The van der Waals surface area contributed by atoms with Crippen LogP contribution in [0.5, 0.6) is 0 Å². The predicted octanol–water partition coefficient (Wildman–Crippen LogP) is 3.68.